The van der Waals surface area contributed by atoms with E-state index in [0.29, 0.717) is 35.2 Å². The van der Waals surface area contributed by atoms with Crippen molar-refractivity contribution >= 4 is 16.9 Å². The lowest BCUT2D eigenvalue weighted by Gasteiger charge is -2.13. The molecule has 2 heterocycles. The number of fused-ring (bicyclic) bond motifs is 2. The van der Waals surface area contributed by atoms with Gasteiger partial charge in [0.15, 0.2) is 23.0 Å². The summed E-state index contributed by atoms with van der Waals surface area (Å²) in [6.07, 6.45) is 0. The van der Waals surface area contributed by atoms with E-state index in [1.165, 1.54) is 18.2 Å². The van der Waals surface area contributed by atoms with Crippen LogP contribution in [0.2, 0.25) is 0 Å². The summed E-state index contributed by atoms with van der Waals surface area (Å²) in [5.41, 5.74) is 0.223. The minimum atomic E-state index is -0.579. The average Bonchev–Trinajstić information content (AvgIpc) is 3.31. The van der Waals surface area contributed by atoms with Gasteiger partial charge >= 0.3 is 5.97 Å². The minimum Gasteiger partial charge on any atom is -0.490 e. The predicted molar refractivity (Wildman–Crippen MR) is 122 cm³/mol. The molecule has 0 atom stereocenters. The van der Waals surface area contributed by atoms with Gasteiger partial charge in [0.25, 0.3) is 0 Å². The van der Waals surface area contributed by atoms with Gasteiger partial charge in [-0.15, -0.1) is 0 Å². The van der Waals surface area contributed by atoms with E-state index >= 15 is 0 Å². The molecular formula is C26H20O8. The maximum Gasteiger partial charge on any atom is 0.343 e. The number of aryl methyl sites for hydroxylation is 1. The molecule has 34 heavy (non-hydrogen) atoms. The molecule has 0 fully saturated rings. The highest BCUT2D eigenvalue weighted by Crippen LogP contribution is 2.34. The van der Waals surface area contributed by atoms with E-state index in [-0.39, 0.29) is 40.5 Å². The van der Waals surface area contributed by atoms with E-state index in [4.69, 9.17) is 28.1 Å². The van der Waals surface area contributed by atoms with E-state index < -0.39 is 5.97 Å². The molecule has 4 aromatic rings. The zero-order chi connectivity index (χ0) is 23.7. The quantitative estimate of drug-likeness (QED) is 0.285. The molecule has 1 aromatic heterocycles. The molecule has 8 heteroatoms. The third-order valence-corrected chi connectivity index (χ3v) is 5.17. The van der Waals surface area contributed by atoms with Crippen LogP contribution < -0.4 is 29.1 Å². The van der Waals surface area contributed by atoms with Crippen molar-refractivity contribution in [3.8, 4) is 34.5 Å². The van der Waals surface area contributed by atoms with Crippen molar-refractivity contribution in [2.75, 3.05) is 13.4 Å². The normalized spacial score (nSPS) is 11.9. The van der Waals surface area contributed by atoms with Crippen LogP contribution >= 0.6 is 0 Å². The SMILES string of the molecule is CCOc1ccccc1Oc1c(C)oc2cc(OC(=O)c3ccc4c(c3)OCO4)ccc2c1=O. The lowest BCUT2D eigenvalue weighted by molar-refractivity contribution is 0.0734. The van der Waals surface area contributed by atoms with Gasteiger partial charge in [-0.2, -0.15) is 0 Å². The monoisotopic (exact) mass is 460 g/mol. The largest absolute Gasteiger partial charge is 0.490 e. The molecule has 0 aliphatic carbocycles. The number of benzene rings is 3. The van der Waals surface area contributed by atoms with Gasteiger partial charge in [-0.1, -0.05) is 12.1 Å². The first-order chi connectivity index (χ1) is 16.5. The van der Waals surface area contributed by atoms with Crippen molar-refractivity contribution in [1.29, 1.82) is 0 Å². The van der Waals surface area contributed by atoms with Crippen LogP contribution in [0.25, 0.3) is 11.0 Å². The van der Waals surface area contributed by atoms with Gasteiger partial charge in [0, 0.05) is 6.07 Å². The van der Waals surface area contributed by atoms with Gasteiger partial charge in [0.2, 0.25) is 18.0 Å². The second kappa shape index (κ2) is 8.82. The molecule has 1 aliphatic heterocycles. The molecule has 172 valence electrons. The Balaban J connectivity index is 1.42. The number of hydrogen-bond donors (Lipinski definition) is 0. The number of carbonyl (C=O) groups excluding carboxylic acids is 1. The highest BCUT2D eigenvalue weighted by Gasteiger charge is 2.19. The summed E-state index contributed by atoms with van der Waals surface area (Å²) >= 11 is 0. The Morgan fingerprint density at radius 3 is 2.59 bits per heavy atom. The topological polar surface area (TPSA) is 93.4 Å². The first-order valence-corrected chi connectivity index (χ1v) is 10.6. The van der Waals surface area contributed by atoms with Gasteiger partial charge in [-0.25, -0.2) is 4.79 Å². The minimum absolute atomic E-state index is 0.0600. The van der Waals surface area contributed by atoms with Crippen molar-refractivity contribution in [2.45, 2.75) is 13.8 Å². The third kappa shape index (κ3) is 4.01. The smallest absolute Gasteiger partial charge is 0.343 e. The summed E-state index contributed by atoms with van der Waals surface area (Å²) in [7, 11) is 0. The summed E-state index contributed by atoms with van der Waals surface area (Å²) in [4.78, 5) is 25.7. The average molecular weight is 460 g/mol. The first kappa shape index (κ1) is 21.4. The Kier molecular flexibility index (Phi) is 5.55. The summed E-state index contributed by atoms with van der Waals surface area (Å²) in [6.45, 7) is 4.06. The number of rotatable bonds is 6. The van der Waals surface area contributed by atoms with Crippen LogP contribution in [0.3, 0.4) is 0 Å². The molecule has 3 aromatic carbocycles. The van der Waals surface area contributed by atoms with Gasteiger partial charge in [0.05, 0.1) is 17.6 Å². The molecule has 0 saturated carbocycles. The maximum absolute atomic E-state index is 13.1. The van der Waals surface area contributed by atoms with E-state index in [1.807, 2.05) is 13.0 Å². The fraction of sp³-hybridized carbons (Fsp3) is 0.154. The summed E-state index contributed by atoms with van der Waals surface area (Å²) in [6, 6.07) is 16.4. The standard InChI is InChI=1S/C26H20O8/c1-3-29-19-6-4-5-7-21(19)34-25-15(2)32-22-13-17(9-10-18(22)24(25)27)33-26(28)16-8-11-20-23(12-16)31-14-30-20/h4-13H,3,14H2,1-2H3. The molecule has 0 amide bonds. The highest BCUT2D eigenvalue weighted by molar-refractivity contribution is 5.92. The van der Waals surface area contributed by atoms with Crippen molar-refractivity contribution in [3.05, 3.63) is 82.2 Å². The molecule has 0 bridgehead atoms. The zero-order valence-corrected chi connectivity index (χ0v) is 18.5. The molecule has 0 unspecified atom stereocenters. The number of para-hydroxylation sites is 2. The van der Waals surface area contributed by atoms with Gasteiger partial charge in [0.1, 0.15) is 17.1 Å². The second-order valence-electron chi connectivity index (χ2n) is 7.41. The maximum atomic E-state index is 13.1. The lowest BCUT2D eigenvalue weighted by atomic mass is 10.2. The second-order valence-corrected chi connectivity index (χ2v) is 7.41. The van der Waals surface area contributed by atoms with Crippen LogP contribution in [0.4, 0.5) is 0 Å². The molecule has 1 aliphatic rings. The predicted octanol–water partition coefficient (Wildman–Crippen LogP) is 5.24. The number of carbonyl (C=O) groups is 1. The summed E-state index contributed by atoms with van der Waals surface area (Å²) < 4.78 is 33.3. The zero-order valence-electron chi connectivity index (χ0n) is 18.5. The molecular weight excluding hydrogens is 440 g/mol. The summed E-state index contributed by atoms with van der Waals surface area (Å²) in [5, 5.41) is 0.289. The van der Waals surface area contributed by atoms with E-state index in [1.54, 1.807) is 43.3 Å². The first-order valence-electron chi connectivity index (χ1n) is 10.6. The van der Waals surface area contributed by atoms with Crippen molar-refractivity contribution in [2.24, 2.45) is 0 Å². The van der Waals surface area contributed by atoms with Crippen molar-refractivity contribution < 1.29 is 32.9 Å². The molecule has 0 radical (unpaired) electrons. The lowest BCUT2D eigenvalue weighted by Crippen LogP contribution is -2.10. The molecule has 5 rings (SSSR count). The van der Waals surface area contributed by atoms with Gasteiger partial charge in [-0.3, -0.25) is 4.79 Å². The Hall–Kier alpha value is -4.46. The Bertz CT molecular complexity index is 1450. The summed E-state index contributed by atoms with van der Waals surface area (Å²) in [5.74, 6) is 1.97. The Morgan fingerprint density at radius 1 is 0.971 bits per heavy atom. The van der Waals surface area contributed by atoms with Crippen LogP contribution in [0.5, 0.6) is 34.5 Å². The van der Waals surface area contributed by atoms with Gasteiger partial charge < -0.3 is 28.1 Å². The molecule has 0 spiro atoms. The number of hydrogen-bond acceptors (Lipinski definition) is 8. The fourth-order valence-corrected chi connectivity index (χ4v) is 3.56. The Labute approximate surface area is 194 Å². The number of esters is 1. The molecule has 0 saturated heterocycles. The van der Waals surface area contributed by atoms with Crippen molar-refractivity contribution in [1.82, 2.24) is 0 Å². The Morgan fingerprint density at radius 2 is 1.76 bits per heavy atom. The van der Waals surface area contributed by atoms with Crippen LogP contribution in [0, 0.1) is 6.92 Å². The molecule has 0 N–H and O–H groups in total. The third-order valence-electron chi connectivity index (χ3n) is 5.17. The van der Waals surface area contributed by atoms with Crippen LogP contribution in [0.1, 0.15) is 23.0 Å². The molecule has 8 nitrogen and oxygen atoms in total. The van der Waals surface area contributed by atoms with E-state index in [9.17, 15) is 9.59 Å². The van der Waals surface area contributed by atoms with Gasteiger partial charge in [-0.05, 0) is 56.3 Å². The van der Waals surface area contributed by atoms with E-state index in [2.05, 4.69) is 0 Å². The highest BCUT2D eigenvalue weighted by atomic mass is 16.7. The van der Waals surface area contributed by atoms with Crippen LogP contribution in [-0.2, 0) is 0 Å². The van der Waals surface area contributed by atoms with Crippen molar-refractivity contribution in [3.63, 3.8) is 0 Å². The van der Waals surface area contributed by atoms with Crippen LogP contribution in [0.15, 0.2) is 69.9 Å². The van der Waals surface area contributed by atoms with E-state index in [0.717, 1.165) is 0 Å². The fourth-order valence-electron chi connectivity index (χ4n) is 3.56. The van der Waals surface area contributed by atoms with Crippen LogP contribution in [-0.4, -0.2) is 19.4 Å². The number of ether oxygens (including phenoxy) is 5.